The minimum absolute atomic E-state index is 0.243. The summed E-state index contributed by atoms with van der Waals surface area (Å²) >= 11 is 0. The number of esters is 1. The maximum Gasteiger partial charge on any atom is 0.340 e. The van der Waals surface area contributed by atoms with E-state index in [-0.39, 0.29) is 6.29 Å². The molecule has 0 radical (unpaired) electrons. The first kappa shape index (κ1) is 8.00. The summed E-state index contributed by atoms with van der Waals surface area (Å²) in [6.45, 7) is -1.42. The highest BCUT2D eigenvalue weighted by molar-refractivity contribution is 5.72. The van der Waals surface area contributed by atoms with E-state index in [2.05, 4.69) is 4.74 Å². The highest BCUT2D eigenvalue weighted by atomic mass is 19.1. The number of hydrogen-bond donors (Lipinski definition) is 0. The molecule has 0 aromatic carbocycles. The van der Waals surface area contributed by atoms with Gasteiger partial charge in [-0.25, -0.2) is 9.18 Å². The predicted molar refractivity (Wildman–Crippen MR) is 23.0 cm³/mol. The number of hydrogen-bond acceptors (Lipinski definition) is 3. The smallest absolute Gasteiger partial charge is 0.340 e. The number of carbonyl (C=O) groups excluding carboxylic acids is 2. The van der Waals surface area contributed by atoms with Crippen LogP contribution >= 0.6 is 0 Å². The molecule has 1 unspecified atom stereocenters. The molecule has 0 aliphatic carbocycles. The van der Waals surface area contributed by atoms with Crippen molar-refractivity contribution >= 4 is 12.3 Å². The lowest BCUT2D eigenvalue weighted by molar-refractivity contribution is -0.161. The molecule has 0 fully saturated rings. The van der Waals surface area contributed by atoms with Gasteiger partial charge in [0.15, 0.2) is 13.0 Å². The highest BCUT2D eigenvalue weighted by Crippen LogP contribution is 1.89. The molecule has 0 heterocycles. The summed E-state index contributed by atoms with van der Waals surface area (Å²) in [7, 11) is 0. The van der Waals surface area contributed by atoms with E-state index in [1.807, 2.05) is 0 Å². The molecule has 3 nitrogen and oxygen atoms in total. The van der Waals surface area contributed by atoms with Crippen molar-refractivity contribution in [1.82, 2.24) is 0 Å². The number of carbonyl (C=O) groups is 2. The SMILES string of the molecule is O=CC(F)OC(=O)CF. The van der Waals surface area contributed by atoms with Crippen LogP contribution in [0.25, 0.3) is 0 Å². The fourth-order valence-corrected chi connectivity index (χ4v) is 0.185. The van der Waals surface area contributed by atoms with Gasteiger partial charge < -0.3 is 4.74 Å². The zero-order valence-electron chi connectivity index (χ0n) is 4.34. The van der Waals surface area contributed by atoms with Gasteiger partial charge in [0.05, 0.1) is 0 Å². The summed E-state index contributed by atoms with van der Waals surface area (Å²) in [4.78, 5) is 19.2. The van der Waals surface area contributed by atoms with Crippen LogP contribution in [0.4, 0.5) is 8.78 Å². The Hall–Kier alpha value is -1.00. The van der Waals surface area contributed by atoms with Crippen LogP contribution in [0.1, 0.15) is 0 Å². The van der Waals surface area contributed by atoms with Crippen LogP contribution in [-0.2, 0) is 14.3 Å². The van der Waals surface area contributed by atoms with Crippen molar-refractivity contribution in [2.75, 3.05) is 6.67 Å². The fourth-order valence-electron chi connectivity index (χ4n) is 0.185. The largest absolute Gasteiger partial charge is 0.422 e. The Kier molecular flexibility index (Phi) is 3.50. The molecule has 0 N–H and O–H groups in total. The van der Waals surface area contributed by atoms with E-state index in [0.717, 1.165) is 0 Å². The standard InChI is InChI=1S/C4H4F2O3/c5-1-4(8)9-3(6)2-7/h2-3H,1H2. The van der Waals surface area contributed by atoms with Crippen LogP contribution in [0.3, 0.4) is 0 Å². The highest BCUT2D eigenvalue weighted by Gasteiger charge is 2.09. The number of ether oxygens (including phenoxy) is 1. The normalized spacial score (nSPS) is 12.2. The molecule has 1 atom stereocenters. The van der Waals surface area contributed by atoms with Gasteiger partial charge in [-0.15, -0.1) is 0 Å². The molecule has 0 aromatic rings. The Balaban J connectivity index is 3.46. The summed E-state index contributed by atoms with van der Waals surface area (Å²) in [5.41, 5.74) is 0. The summed E-state index contributed by atoms with van der Waals surface area (Å²) in [5.74, 6) is -1.38. The van der Waals surface area contributed by atoms with Gasteiger partial charge >= 0.3 is 5.97 Å². The van der Waals surface area contributed by atoms with Crippen LogP contribution in [-0.4, -0.2) is 25.3 Å². The number of rotatable bonds is 3. The Morgan fingerprint density at radius 2 is 2.33 bits per heavy atom. The Morgan fingerprint density at radius 1 is 1.78 bits per heavy atom. The maximum absolute atomic E-state index is 11.6. The quantitative estimate of drug-likeness (QED) is 0.407. The Bertz CT molecular complexity index is 114. The molecule has 0 spiro atoms. The van der Waals surface area contributed by atoms with Gasteiger partial charge in [-0.1, -0.05) is 0 Å². The van der Waals surface area contributed by atoms with Crippen molar-refractivity contribution in [2.24, 2.45) is 0 Å². The van der Waals surface area contributed by atoms with Crippen LogP contribution in [0.5, 0.6) is 0 Å². The monoisotopic (exact) mass is 138 g/mol. The lowest BCUT2D eigenvalue weighted by Gasteiger charge is -1.98. The minimum Gasteiger partial charge on any atom is -0.422 e. The van der Waals surface area contributed by atoms with Gasteiger partial charge in [-0.2, -0.15) is 4.39 Å². The van der Waals surface area contributed by atoms with Gasteiger partial charge in [0.2, 0.25) is 0 Å². The molecule has 0 aromatic heterocycles. The lowest BCUT2D eigenvalue weighted by atomic mass is 10.7. The molecule has 0 aliphatic rings. The fraction of sp³-hybridized carbons (Fsp3) is 0.500. The second kappa shape index (κ2) is 3.94. The van der Waals surface area contributed by atoms with Gasteiger partial charge in [0.1, 0.15) is 0 Å². The summed E-state index contributed by atoms with van der Waals surface area (Å²) in [6, 6.07) is 0. The predicted octanol–water partition coefficient (Wildman–Crippen LogP) is -0.00640. The molecule has 0 bridgehead atoms. The van der Waals surface area contributed by atoms with Crippen molar-refractivity contribution in [2.45, 2.75) is 6.36 Å². The maximum atomic E-state index is 11.6. The molecule has 52 valence electrons. The summed E-state index contributed by atoms with van der Waals surface area (Å²) in [5, 5.41) is 0. The third-order valence-electron chi connectivity index (χ3n) is 0.460. The van der Waals surface area contributed by atoms with Crippen LogP contribution < -0.4 is 0 Å². The van der Waals surface area contributed by atoms with E-state index in [0.29, 0.717) is 0 Å². The molecular formula is C4H4F2O3. The number of alkyl halides is 2. The Morgan fingerprint density at radius 3 is 2.67 bits per heavy atom. The number of halogens is 2. The van der Waals surface area contributed by atoms with Crippen molar-refractivity contribution in [3.05, 3.63) is 0 Å². The molecule has 0 saturated carbocycles. The Labute approximate surface area is 49.6 Å². The van der Waals surface area contributed by atoms with Crippen molar-refractivity contribution in [1.29, 1.82) is 0 Å². The number of aldehydes is 1. The zero-order chi connectivity index (χ0) is 7.28. The molecule has 0 saturated heterocycles. The molecule has 0 aliphatic heterocycles. The van der Waals surface area contributed by atoms with E-state index >= 15 is 0 Å². The minimum atomic E-state index is -2.34. The summed E-state index contributed by atoms with van der Waals surface area (Å²) < 4.78 is 26.2. The van der Waals surface area contributed by atoms with E-state index < -0.39 is 19.0 Å². The third-order valence-corrected chi connectivity index (χ3v) is 0.460. The molecule has 0 rings (SSSR count). The van der Waals surface area contributed by atoms with Gasteiger partial charge in [-0.05, 0) is 0 Å². The molecule has 9 heavy (non-hydrogen) atoms. The average Bonchev–Trinajstić information content (AvgIpc) is 1.87. The van der Waals surface area contributed by atoms with Gasteiger partial charge in [0.25, 0.3) is 6.36 Å². The average molecular weight is 138 g/mol. The van der Waals surface area contributed by atoms with Crippen LogP contribution in [0, 0.1) is 0 Å². The van der Waals surface area contributed by atoms with Crippen molar-refractivity contribution in [3.63, 3.8) is 0 Å². The zero-order valence-corrected chi connectivity index (χ0v) is 4.34. The van der Waals surface area contributed by atoms with Crippen LogP contribution in [0.2, 0.25) is 0 Å². The topological polar surface area (TPSA) is 43.4 Å². The first-order chi connectivity index (χ1) is 4.20. The third kappa shape index (κ3) is 3.57. The van der Waals surface area contributed by atoms with Crippen molar-refractivity contribution < 1.29 is 23.1 Å². The second-order valence-corrected chi connectivity index (χ2v) is 1.11. The lowest BCUT2D eigenvalue weighted by Crippen LogP contribution is -2.15. The van der Waals surface area contributed by atoms with Crippen molar-refractivity contribution in [3.8, 4) is 0 Å². The van der Waals surface area contributed by atoms with E-state index in [4.69, 9.17) is 0 Å². The van der Waals surface area contributed by atoms with E-state index in [1.54, 1.807) is 0 Å². The molecular weight excluding hydrogens is 134 g/mol. The first-order valence-electron chi connectivity index (χ1n) is 2.05. The summed E-state index contributed by atoms with van der Waals surface area (Å²) in [6.07, 6.45) is -2.58. The first-order valence-corrected chi connectivity index (χ1v) is 2.05. The van der Waals surface area contributed by atoms with E-state index in [1.165, 1.54) is 0 Å². The molecule has 5 heteroatoms. The van der Waals surface area contributed by atoms with Gasteiger partial charge in [0, 0.05) is 0 Å². The van der Waals surface area contributed by atoms with Gasteiger partial charge in [-0.3, -0.25) is 4.79 Å². The van der Waals surface area contributed by atoms with Crippen LogP contribution in [0.15, 0.2) is 0 Å². The van der Waals surface area contributed by atoms with E-state index in [9.17, 15) is 18.4 Å². The molecule has 0 amide bonds. The second-order valence-electron chi connectivity index (χ2n) is 1.11.